The van der Waals surface area contributed by atoms with Crippen LogP contribution in [0.3, 0.4) is 0 Å². The monoisotopic (exact) mass is 283 g/mol. The van der Waals surface area contributed by atoms with Crippen molar-refractivity contribution in [3.05, 3.63) is 11.9 Å². The molecule has 0 bridgehead atoms. The predicted molar refractivity (Wildman–Crippen MR) is 77.5 cm³/mol. The third-order valence-electron chi connectivity index (χ3n) is 2.24. The second-order valence-electron chi connectivity index (χ2n) is 4.98. The van der Waals surface area contributed by atoms with Crippen LogP contribution in [0.25, 0.3) is 0 Å². The molecule has 0 aromatic carbocycles. The first kappa shape index (κ1) is 15.8. The van der Waals surface area contributed by atoms with Crippen LogP contribution in [0.5, 0.6) is 0 Å². The number of thioether (sulfide) groups is 1. The number of esters is 1. The Morgan fingerprint density at radius 3 is 2.63 bits per heavy atom. The summed E-state index contributed by atoms with van der Waals surface area (Å²) >= 11 is 1.38. The molecule has 106 valence electrons. The Balaban J connectivity index is 2.70. The van der Waals surface area contributed by atoms with Crippen LogP contribution in [0.15, 0.2) is 11.4 Å². The fraction of sp³-hybridized carbons (Fsp3) is 0.615. The first-order valence-corrected chi connectivity index (χ1v) is 7.22. The minimum Gasteiger partial charge on any atom is -0.459 e. The summed E-state index contributed by atoms with van der Waals surface area (Å²) in [6.45, 7) is 7.61. The highest BCUT2D eigenvalue weighted by Crippen LogP contribution is 2.25. The van der Waals surface area contributed by atoms with Gasteiger partial charge in [0, 0.05) is 12.6 Å². The summed E-state index contributed by atoms with van der Waals surface area (Å²) in [5.74, 6) is 0.832. The minimum atomic E-state index is -0.451. The molecule has 5 nitrogen and oxygen atoms in total. The molecular formula is C13H21N3O2S. The summed E-state index contributed by atoms with van der Waals surface area (Å²) in [5.41, 5.74) is 0.575. The number of hydrogen-bond acceptors (Lipinski definition) is 6. The molecule has 0 saturated heterocycles. The van der Waals surface area contributed by atoms with Gasteiger partial charge in [0.15, 0.2) is 0 Å². The fourth-order valence-electron chi connectivity index (χ4n) is 1.55. The second kappa shape index (κ2) is 6.75. The van der Waals surface area contributed by atoms with Crippen molar-refractivity contribution in [2.24, 2.45) is 0 Å². The number of aromatic nitrogens is 2. The molecule has 0 unspecified atom stereocenters. The highest BCUT2D eigenvalue weighted by Gasteiger charge is 2.17. The Kier molecular flexibility index (Phi) is 5.60. The van der Waals surface area contributed by atoms with Gasteiger partial charge in [-0.15, -0.1) is 0 Å². The number of hydrogen-bond donors (Lipinski definition) is 1. The Hall–Kier alpha value is -1.30. The molecule has 0 amide bonds. The number of nitrogens with zero attached hydrogens (tertiary/aromatic N) is 2. The molecule has 0 aliphatic heterocycles. The molecule has 0 radical (unpaired) electrons. The lowest BCUT2D eigenvalue weighted by molar-refractivity contribution is -0.151. The number of carbonyl (C=O) groups is 1. The number of anilines is 1. The van der Waals surface area contributed by atoms with Crippen molar-refractivity contribution >= 4 is 23.5 Å². The summed E-state index contributed by atoms with van der Waals surface area (Å²) in [6.07, 6.45) is 2.32. The minimum absolute atomic E-state index is 0.232. The number of ether oxygens (including phenoxy) is 1. The molecule has 1 aromatic heterocycles. The SMILES string of the molecule is CCc1c(NC)ncnc1SCC(=O)OC(C)(C)C. The summed E-state index contributed by atoms with van der Waals surface area (Å²) in [4.78, 5) is 20.1. The van der Waals surface area contributed by atoms with E-state index in [0.29, 0.717) is 0 Å². The Bertz CT molecular complexity index is 444. The normalized spacial score (nSPS) is 11.2. The summed E-state index contributed by atoms with van der Waals surface area (Å²) in [6, 6.07) is 0. The summed E-state index contributed by atoms with van der Waals surface area (Å²) in [7, 11) is 1.82. The van der Waals surface area contributed by atoms with Crippen molar-refractivity contribution in [2.45, 2.75) is 44.7 Å². The predicted octanol–water partition coefficient (Wildman–Crippen LogP) is 2.51. The number of rotatable bonds is 5. The molecule has 0 saturated carbocycles. The van der Waals surface area contributed by atoms with E-state index in [-0.39, 0.29) is 11.7 Å². The Labute approximate surface area is 118 Å². The quantitative estimate of drug-likeness (QED) is 0.509. The maximum absolute atomic E-state index is 11.7. The lowest BCUT2D eigenvalue weighted by Gasteiger charge is -2.19. The van der Waals surface area contributed by atoms with Crippen LogP contribution in [0.1, 0.15) is 33.3 Å². The summed E-state index contributed by atoms with van der Waals surface area (Å²) in [5, 5.41) is 3.86. The van der Waals surface area contributed by atoms with Crippen molar-refractivity contribution in [1.82, 2.24) is 9.97 Å². The Morgan fingerprint density at radius 2 is 2.11 bits per heavy atom. The topological polar surface area (TPSA) is 64.1 Å². The molecule has 1 N–H and O–H groups in total. The molecule has 1 rings (SSSR count). The number of carbonyl (C=O) groups excluding carboxylic acids is 1. The van der Waals surface area contributed by atoms with Crippen LogP contribution in [-0.4, -0.2) is 34.3 Å². The average molecular weight is 283 g/mol. The van der Waals surface area contributed by atoms with Gasteiger partial charge in [0.2, 0.25) is 0 Å². The fourth-order valence-corrected chi connectivity index (χ4v) is 2.40. The largest absolute Gasteiger partial charge is 0.459 e. The zero-order valence-corrected chi connectivity index (χ0v) is 12.9. The number of nitrogens with one attached hydrogen (secondary N) is 1. The van der Waals surface area contributed by atoms with E-state index < -0.39 is 5.60 Å². The van der Waals surface area contributed by atoms with Crippen LogP contribution < -0.4 is 5.32 Å². The second-order valence-corrected chi connectivity index (χ2v) is 5.95. The van der Waals surface area contributed by atoms with E-state index in [1.165, 1.54) is 18.1 Å². The maximum atomic E-state index is 11.7. The Morgan fingerprint density at radius 1 is 1.42 bits per heavy atom. The zero-order valence-electron chi connectivity index (χ0n) is 12.1. The smallest absolute Gasteiger partial charge is 0.316 e. The molecule has 1 heterocycles. The van der Waals surface area contributed by atoms with Crippen molar-refractivity contribution in [3.8, 4) is 0 Å². The molecular weight excluding hydrogens is 262 g/mol. The van der Waals surface area contributed by atoms with Crippen LogP contribution in [0.4, 0.5) is 5.82 Å². The standard InChI is InChI=1S/C13H21N3O2S/c1-6-9-11(14-5)15-8-16-12(9)19-7-10(17)18-13(2,3)4/h8H,6-7H2,1-5H3,(H,14,15,16). The van der Waals surface area contributed by atoms with Gasteiger partial charge in [-0.1, -0.05) is 18.7 Å². The van der Waals surface area contributed by atoms with Crippen molar-refractivity contribution in [3.63, 3.8) is 0 Å². The van der Waals surface area contributed by atoms with Gasteiger partial charge < -0.3 is 10.1 Å². The molecule has 19 heavy (non-hydrogen) atoms. The van der Waals surface area contributed by atoms with Crippen molar-refractivity contribution in [2.75, 3.05) is 18.1 Å². The van der Waals surface area contributed by atoms with E-state index >= 15 is 0 Å². The van der Waals surface area contributed by atoms with E-state index in [4.69, 9.17) is 4.74 Å². The van der Waals surface area contributed by atoms with Crippen LogP contribution in [-0.2, 0) is 16.0 Å². The van der Waals surface area contributed by atoms with E-state index in [2.05, 4.69) is 15.3 Å². The van der Waals surface area contributed by atoms with Gasteiger partial charge in [-0.2, -0.15) is 0 Å². The molecule has 0 aliphatic rings. The zero-order chi connectivity index (χ0) is 14.5. The molecule has 6 heteroatoms. The van der Waals surface area contributed by atoms with Gasteiger partial charge in [0.25, 0.3) is 0 Å². The van der Waals surface area contributed by atoms with Crippen LogP contribution in [0.2, 0.25) is 0 Å². The van der Waals surface area contributed by atoms with E-state index in [1.54, 1.807) is 0 Å². The molecule has 1 aromatic rings. The van der Waals surface area contributed by atoms with Gasteiger partial charge >= 0.3 is 5.97 Å². The average Bonchev–Trinajstić information content (AvgIpc) is 2.33. The first-order valence-electron chi connectivity index (χ1n) is 6.23. The van der Waals surface area contributed by atoms with E-state index in [9.17, 15) is 4.79 Å². The maximum Gasteiger partial charge on any atom is 0.316 e. The van der Waals surface area contributed by atoms with Crippen molar-refractivity contribution in [1.29, 1.82) is 0 Å². The van der Waals surface area contributed by atoms with Gasteiger partial charge in [0.05, 0.1) is 5.75 Å². The highest BCUT2D eigenvalue weighted by atomic mass is 32.2. The molecule has 0 spiro atoms. The van der Waals surface area contributed by atoms with Gasteiger partial charge in [-0.3, -0.25) is 4.79 Å². The van der Waals surface area contributed by atoms with Crippen LogP contribution in [0, 0.1) is 0 Å². The third-order valence-corrected chi connectivity index (χ3v) is 3.25. The third kappa shape index (κ3) is 5.06. The van der Waals surface area contributed by atoms with Gasteiger partial charge in [-0.25, -0.2) is 9.97 Å². The summed E-state index contributed by atoms with van der Waals surface area (Å²) < 4.78 is 5.27. The molecule has 0 aliphatic carbocycles. The van der Waals surface area contributed by atoms with Gasteiger partial charge in [0.1, 0.15) is 22.8 Å². The van der Waals surface area contributed by atoms with Gasteiger partial charge in [-0.05, 0) is 27.2 Å². The van der Waals surface area contributed by atoms with E-state index in [1.807, 2.05) is 34.7 Å². The lowest BCUT2D eigenvalue weighted by atomic mass is 10.2. The molecule has 0 fully saturated rings. The lowest BCUT2D eigenvalue weighted by Crippen LogP contribution is -2.25. The first-order chi connectivity index (χ1) is 8.87. The van der Waals surface area contributed by atoms with Crippen molar-refractivity contribution < 1.29 is 9.53 Å². The van der Waals surface area contributed by atoms with E-state index in [0.717, 1.165) is 22.8 Å². The van der Waals surface area contributed by atoms with Crippen LogP contribution >= 0.6 is 11.8 Å². The highest BCUT2D eigenvalue weighted by molar-refractivity contribution is 7.99. The molecule has 0 atom stereocenters.